The van der Waals surface area contributed by atoms with Crippen LogP contribution < -0.4 is 10.6 Å². The summed E-state index contributed by atoms with van der Waals surface area (Å²) in [6, 6.07) is 9.02. The van der Waals surface area contributed by atoms with Gasteiger partial charge in [-0.1, -0.05) is 18.2 Å². The molecule has 1 aromatic heterocycles. The Kier molecular flexibility index (Phi) is 5.71. The van der Waals surface area contributed by atoms with Crippen LogP contribution >= 0.6 is 0 Å². The summed E-state index contributed by atoms with van der Waals surface area (Å²) in [5.41, 5.74) is 7.47. The minimum Gasteiger partial charge on any atom is -0.368 e. The summed E-state index contributed by atoms with van der Waals surface area (Å²) in [5.74, 6) is -0.0632. The van der Waals surface area contributed by atoms with E-state index < -0.39 is 5.67 Å². The molecule has 32 heavy (non-hydrogen) atoms. The summed E-state index contributed by atoms with van der Waals surface area (Å²) in [7, 11) is 0. The Morgan fingerprint density at radius 1 is 1.06 bits per heavy atom. The van der Waals surface area contributed by atoms with E-state index >= 15 is 4.39 Å². The highest BCUT2D eigenvalue weighted by Gasteiger charge is 2.45. The fraction of sp³-hybridized carbons (Fsp3) is 0.542. The van der Waals surface area contributed by atoms with Gasteiger partial charge in [0.05, 0.1) is 0 Å². The standard InChI is InChI=1S/C24H31FN6O/c25-24(8-13-29(14-9-24)17-18-15-27-23(26)28-16-18)22(32)30-10-6-20(7-11-30)31-12-5-19-3-1-2-4-21(19)31/h1-4,15-16,20H,5-14,17H2,(H2,26,27,28). The van der Waals surface area contributed by atoms with Crippen molar-refractivity contribution in [2.24, 2.45) is 0 Å². The van der Waals surface area contributed by atoms with Crippen LogP contribution in [0.25, 0.3) is 0 Å². The number of para-hydroxylation sites is 1. The first-order chi connectivity index (χ1) is 15.5. The van der Waals surface area contributed by atoms with Gasteiger partial charge in [-0.3, -0.25) is 9.69 Å². The van der Waals surface area contributed by atoms with Crippen LogP contribution in [0.3, 0.4) is 0 Å². The Morgan fingerprint density at radius 2 is 1.75 bits per heavy atom. The summed E-state index contributed by atoms with van der Waals surface area (Å²) in [6.07, 6.45) is 6.77. The lowest BCUT2D eigenvalue weighted by Crippen LogP contribution is -2.55. The topological polar surface area (TPSA) is 78.6 Å². The highest BCUT2D eigenvalue weighted by atomic mass is 19.1. The maximum absolute atomic E-state index is 15.6. The van der Waals surface area contributed by atoms with Crippen molar-refractivity contribution in [3.05, 3.63) is 47.8 Å². The van der Waals surface area contributed by atoms with Gasteiger partial charge in [0.2, 0.25) is 5.95 Å². The molecule has 3 aliphatic rings. The second-order valence-electron chi connectivity index (χ2n) is 9.29. The van der Waals surface area contributed by atoms with Crippen LogP contribution in [0.1, 0.15) is 36.8 Å². The van der Waals surface area contributed by atoms with Crippen molar-refractivity contribution in [3.8, 4) is 0 Å². The normalized spacial score (nSPS) is 21.5. The maximum atomic E-state index is 15.6. The molecule has 5 rings (SSSR count). The molecular formula is C24H31FN6O. The number of halogens is 1. The Bertz CT molecular complexity index is 951. The summed E-state index contributed by atoms with van der Waals surface area (Å²) >= 11 is 0. The van der Waals surface area contributed by atoms with Gasteiger partial charge in [0, 0.05) is 81.8 Å². The van der Waals surface area contributed by atoms with E-state index in [1.165, 1.54) is 11.3 Å². The van der Waals surface area contributed by atoms with E-state index in [1.54, 1.807) is 17.3 Å². The lowest BCUT2D eigenvalue weighted by atomic mass is 9.90. The molecule has 1 amide bonds. The van der Waals surface area contributed by atoms with Crippen molar-refractivity contribution < 1.29 is 9.18 Å². The van der Waals surface area contributed by atoms with Gasteiger partial charge in [0.15, 0.2) is 5.67 Å². The van der Waals surface area contributed by atoms with E-state index in [4.69, 9.17) is 5.73 Å². The Labute approximate surface area is 188 Å². The first-order valence-corrected chi connectivity index (χ1v) is 11.6. The van der Waals surface area contributed by atoms with Crippen LogP contribution in [0.5, 0.6) is 0 Å². The number of piperidine rings is 2. The van der Waals surface area contributed by atoms with E-state index in [0.717, 1.165) is 31.4 Å². The number of nitrogen functional groups attached to an aromatic ring is 1. The molecule has 0 radical (unpaired) electrons. The molecule has 2 N–H and O–H groups in total. The fourth-order valence-corrected chi connectivity index (χ4v) is 5.39. The van der Waals surface area contributed by atoms with E-state index in [-0.39, 0.29) is 24.7 Å². The predicted molar refractivity (Wildman–Crippen MR) is 122 cm³/mol. The summed E-state index contributed by atoms with van der Waals surface area (Å²) in [6.45, 7) is 4.06. The molecular weight excluding hydrogens is 407 g/mol. The molecule has 170 valence electrons. The molecule has 4 heterocycles. The van der Waals surface area contributed by atoms with Crippen molar-refractivity contribution >= 4 is 17.5 Å². The lowest BCUT2D eigenvalue weighted by Gasteiger charge is -2.42. The molecule has 7 nitrogen and oxygen atoms in total. The average molecular weight is 439 g/mol. The fourth-order valence-electron chi connectivity index (χ4n) is 5.39. The molecule has 0 atom stereocenters. The molecule has 2 saturated heterocycles. The number of aromatic nitrogens is 2. The molecule has 0 spiro atoms. The SMILES string of the molecule is Nc1ncc(CN2CCC(F)(C(=O)N3CCC(N4CCc5ccccc54)CC3)CC2)cn1. The van der Waals surface area contributed by atoms with Gasteiger partial charge in [-0.25, -0.2) is 14.4 Å². The minimum absolute atomic E-state index is 0.237. The third-order valence-corrected chi connectivity index (χ3v) is 7.28. The molecule has 0 aliphatic carbocycles. The van der Waals surface area contributed by atoms with Crippen molar-refractivity contribution in [1.82, 2.24) is 19.8 Å². The minimum atomic E-state index is -1.75. The second-order valence-corrected chi connectivity index (χ2v) is 9.29. The number of hydrogen-bond donors (Lipinski definition) is 1. The number of alkyl halides is 1. The van der Waals surface area contributed by atoms with Crippen LogP contribution in [-0.2, 0) is 17.8 Å². The number of nitrogens with zero attached hydrogens (tertiary/aromatic N) is 5. The molecule has 0 saturated carbocycles. The molecule has 0 unspecified atom stereocenters. The van der Waals surface area contributed by atoms with E-state index in [9.17, 15) is 4.79 Å². The van der Waals surface area contributed by atoms with Crippen LogP contribution in [0.2, 0.25) is 0 Å². The smallest absolute Gasteiger partial charge is 0.260 e. The largest absolute Gasteiger partial charge is 0.368 e. The van der Waals surface area contributed by atoms with E-state index in [1.807, 2.05) is 0 Å². The van der Waals surface area contributed by atoms with Crippen molar-refractivity contribution in [2.45, 2.75) is 50.4 Å². The zero-order valence-electron chi connectivity index (χ0n) is 18.4. The summed E-state index contributed by atoms with van der Waals surface area (Å²) < 4.78 is 15.6. The number of hydrogen-bond acceptors (Lipinski definition) is 6. The number of anilines is 2. The van der Waals surface area contributed by atoms with Gasteiger partial charge in [-0.05, 0) is 30.9 Å². The molecule has 2 fully saturated rings. The van der Waals surface area contributed by atoms with Gasteiger partial charge < -0.3 is 15.5 Å². The number of amides is 1. The monoisotopic (exact) mass is 438 g/mol. The van der Waals surface area contributed by atoms with Gasteiger partial charge in [-0.15, -0.1) is 0 Å². The first kappa shape index (κ1) is 21.1. The van der Waals surface area contributed by atoms with Crippen LogP contribution in [0.15, 0.2) is 36.7 Å². The number of benzene rings is 1. The second kappa shape index (κ2) is 8.65. The Morgan fingerprint density at radius 3 is 2.47 bits per heavy atom. The number of nitrogens with two attached hydrogens (primary N) is 1. The quantitative estimate of drug-likeness (QED) is 0.790. The zero-order chi connectivity index (χ0) is 22.1. The van der Waals surface area contributed by atoms with E-state index in [2.05, 4.69) is 44.0 Å². The van der Waals surface area contributed by atoms with Crippen molar-refractivity contribution in [2.75, 3.05) is 43.4 Å². The number of carbonyl (C=O) groups excluding carboxylic acids is 1. The molecule has 8 heteroatoms. The number of fused-ring (bicyclic) bond motifs is 1. The zero-order valence-corrected chi connectivity index (χ0v) is 18.4. The predicted octanol–water partition coefficient (Wildman–Crippen LogP) is 2.42. The van der Waals surface area contributed by atoms with Gasteiger partial charge >= 0.3 is 0 Å². The van der Waals surface area contributed by atoms with Crippen LogP contribution in [0.4, 0.5) is 16.0 Å². The lowest BCUT2D eigenvalue weighted by molar-refractivity contribution is -0.148. The third kappa shape index (κ3) is 4.16. The highest BCUT2D eigenvalue weighted by molar-refractivity contribution is 5.85. The van der Waals surface area contributed by atoms with Gasteiger partial charge in [0.25, 0.3) is 5.91 Å². The molecule has 3 aliphatic heterocycles. The Hall–Kier alpha value is -2.74. The van der Waals surface area contributed by atoms with Gasteiger partial charge in [-0.2, -0.15) is 0 Å². The number of carbonyl (C=O) groups is 1. The molecule has 1 aromatic carbocycles. The number of rotatable bonds is 4. The Balaban J connectivity index is 1.13. The number of likely N-dealkylation sites (tertiary alicyclic amines) is 2. The molecule has 0 bridgehead atoms. The first-order valence-electron chi connectivity index (χ1n) is 11.6. The molecule has 2 aromatic rings. The van der Waals surface area contributed by atoms with Crippen molar-refractivity contribution in [1.29, 1.82) is 0 Å². The third-order valence-electron chi connectivity index (χ3n) is 7.28. The van der Waals surface area contributed by atoms with E-state index in [0.29, 0.717) is 38.8 Å². The summed E-state index contributed by atoms with van der Waals surface area (Å²) in [5, 5.41) is 0. The maximum Gasteiger partial charge on any atom is 0.260 e. The summed E-state index contributed by atoms with van der Waals surface area (Å²) in [4.78, 5) is 27.5. The van der Waals surface area contributed by atoms with Gasteiger partial charge in [0.1, 0.15) is 0 Å². The van der Waals surface area contributed by atoms with Crippen molar-refractivity contribution in [3.63, 3.8) is 0 Å². The van der Waals surface area contributed by atoms with Crippen LogP contribution in [0, 0.1) is 0 Å². The highest BCUT2D eigenvalue weighted by Crippen LogP contribution is 2.34. The van der Waals surface area contributed by atoms with Crippen LogP contribution in [-0.4, -0.2) is 70.1 Å². The average Bonchev–Trinajstić information content (AvgIpc) is 3.26.